The molecule has 1 aromatic rings. The van der Waals surface area contributed by atoms with Crippen molar-refractivity contribution in [2.75, 3.05) is 6.54 Å². The number of hydrogen-bond donors (Lipinski definition) is 0. The monoisotopic (exact) mass is 275 g/mol. The van der Waals surface area contributed by atoms with Crippen molar-refractivity contribution in [3.05, 3.63) is 35.9 Å². The van der Waals surface area contributed by atoms with Crippen molar-refractivity contribution in [2.45, 2.75) is 44.9 Å². The van der Waals surface area contributed by atoms with Crippen molar-refractivity contribution in [1.29, 1.82) is 0 Å². The van der Waals surface area contributed by atoms with Gasteiger partial charge in [0.1, 0.15) is 0 Å². The highest BCUT2D eigenvalue weighted by atomic mass is 32.1. The van der Waals surface area contributed by atoms with Gasteiger partial charge in [-0.25, -0.2) is 0 Å². The lowest BCUT2D eigenvalue weighted by atomic mass is 10.1. The van der Waals surface area contributed by atoms with Gasteiger partial charge < -0.3 is 4.90 Å². The Hall–Kier alpha value is -1.22. The number of carbonyl (C=O) groups is 1. The Balaban J connectivity index is 1.68. The average molecular weight is 275 g/mol. The van der Waals surface area contributed by atoms with Crippen LogP contribution < -0.4 is 0 Å². The van der Waals surface area contributed by atoms with Gasteiger partial charge in [-0.05, 0) is 44.1 Å². The highest BCUT2D eigenvalue weighted by Gasteiger charge is 2.20. The standard InChI is InChI=1S/C16H21NOS/c18-15(17-13-7-6-12-16(17)19)11-5-4-10-14-8-2-1-3-9-14/h1-3,8-9H,4-7,10-13H2. The second-order valence-corrected chi connectivity index (χ2v) is 5.56. The highest BCUT2D eigenvalue weighted by Crippen LogP contribution is 2.15. The molecule has 0 N–H and O–H groups in total. The zero-order valence-corrected chi connectivity index (χ0v) is 12.1. The van der Waals surface area contributed by atoms with E-state index in [1.165, 1.54) is 5.56 Å². The van der Waals surface area contributed by atoms with E-state index in [9.17, 15) is 4.79 Å². The summed E-state index contributed by atoms with van der Waals surface area (Å²) in [5, 5.41) is 0. The van der Waals surface area contributed by atoms with Crippen LogP contribution in [0.15, 0.2) is 30.3 Å². The second kappa shape index (κ2) is 7.39. The van der Waals surface area contributed by atoms with E-state index in [-0.39, 0.29) is 5.91 Å². The Morgan fingerprint density at radius 2 is 1.95 bits per heavy atom. The first-order valence-corrected chi connectivity index (χ1v) is 7.55. The fraction of sp³-hybridized carbons (Fsp3) is 0.500. The number of rotatable bonds is 5. The normalized spacial score (nSPS) is 15.6. The first kappa shape index (κ1) is 14.2. The number of thiocarbonyl (C=S) groups is 1. The first-order valence-electron chi connectivity index (χ1n) is 7.14. The molecule has 0 spiro atoms. The van der Waals surface area contributed by atoms with Crippen molar-refractivity contribution in [3.63, 3.8) is 0 Å². The highest BCUT2D eigenvalue weighted by molar-refractivity contribution is 7.80. The first-order chi connectivity index (χ1) is 9.27. The van der Waals surface area contributed by atoms with Gasteiger partial charge in [-0.3, -0.25) is 4.79 Å². The summed E-state index contributed by atoms with van der Waals surface area (Å²) in [5.41, 5.74) is 1.35. The van der Waals surface area contributed by atoms with E-state index in [0.29, 0.717) is 6.42 Å². The molecule has 2 nitrogen and oxygen atoms in total. The number of carbonyl (C=O) groups excluding carboxylic acids is 1. The minimum absolute atomic E-state index is 0.220. The van der Waals surface area contributed by atoms with Crippen molar-refractivity contribution in [2.24, 2.45) is 0 Å². The van der Waals surface area contributed by atoms with E-state index in [0.717, 1.165) is 50.1 Å². The Labute approximate surface area is 120 Å². The van der Waals surface area contributed by atoms with Crippen LogP contribution in [0.4, 0.5) is 0 Å². The van der Waals surface area contributed by atoms with Gasteiger partial charge in [0.25, 0.3) is 0 Å². The third-order valence-electron chi connectivity index (χ3n) is 3.57. The van der Waals surface area contributed by atoms with E-state index in [1.54, 1.807) is 0 Å². The summed E-state index contributed by atoms with van der Waals surface area (Å²) in [7, 11) is 0. The van der Waals surface area contributed by atoms with Crippen molar-refractivity contribution in [1.82, 2.24) is 4.90 Å². The SMILES string of the molecule is O=C(CCCCc1ccccc1)N1CCCCC1=S. The molecule has 1 aliphatic rings. The molecule has 0 aliphatic carbocycles. The molecule has 0 saturated carbocycles. The van der Waals surface area contributed by atoms with Crippen LogP contribution in [0.1, 0.15) is 44.1 Å². The van der Waals surface area contributed by atoms with E-state index < -0.39 is 0 Å². The lowest BCUT2D eigenvalue weighted by Gasteiger charge is -2.27. The molecular formula is C16H21NOS. The molecular weight excluding hydrogens is 254 g/mol. The Morgan fingerprint density at radius 1 is 1.16 bits per heavy atom. The number of likely N-dealkylation sites (tertiary alicyclic amines) is 1. The Bertz CT molecular complexity index is 430. The predicted molar refractivity (Wildman–Crippen MR) is 82.2 cm³/mol. The number of piperidine rings is 1. The van der Waals surface area contributed by atoms with Gasteiger partial charge in [0, 0.05) is 13.0 Å². The zero-order valence-electron chi connectivity index (χ0n) is 11.3. The minimum Gasteiger partial charge on any atom is -0.307 e. The molecule has 19 heavy (non-hydrogen) atoms. The summed E-state index contributed by atoms with van der Waals surface area (Å²) in [6.07, 6.45) is 6.84. The average Bonchev–Trinajstić information content (AvgIpc) is 2.45. The van der Waals surface area contributed by atoms with E-state index >= 15 is 0 Å². The van der Waals surface area contributed by atoms with Crippen molar-refractivity contribution < 1.29 is 4.79 Å². The van der Waals surface area contributed by atoms with Crippen molar-refractivity contribution in [3.8, 4) is 0 Å². The number of nitrogens with zero attached hydrogens (tertiary/aromatic N) is 1. The van der Waals surface area contributed by atoms with Gasteiger partial charge >= 0.3 is 0 Å². The molecule has 2 rings (SSSR count). The molecule has 1 saturated heterocycles. The Morgan fingerprint density at radius 3 is 2.68 bits per heavy atom. The molecule has 1 aromatic carbocycles. The maximum Gasteiger partial charge on any atom is 0.227 e. The predicted octanol–water partition coefficient (Wildman–Crippen LogP) is 3.74. The van der Waals surface area contributed by atoms with Gasteiger partial charge in [0.05, 0.1) is 4.99 Å². The molecule has 1 heterocycles. The molecule has 102 valence electrons. The lowest BCUT2D eigenvalue weighted by molar-refractivity contribution is -0.127. The number of hydrogen-bond acceptors (Lipinski definition) is 2. The van der Waals surface area contributed by atoms with E-state index in [1.807, 2.05) is 11.0 Å². The smallest absolute Gasteiger partial charge is 0.227 e. The fourth-order valence-corrected chi connectivity index (χ4v) is 2.79. The van der Waals surface area contributed by atoms with Gasteiger partial charge in [-0.2, -0.15) is 0 Å². The largest absolute Gasteiger partial charge is 0.307 e. The summed E-state index contributed by atoms with van der Waals surface area (Å²) in [6.45, 7) is 0.830. The van der Waals surface area contributed by atoms with E-state index in [4.69, 9.17) is 12.2 Å². The second-order valence-electron chi connectivity index (χ2n) is 5.09. The van der Waals surface area contributed by atoms with Gasteiger partial charge in [0.2, 0.25) is 5.91 Å². The zero-order chi connectivity index (χ0) is 13.5. The van der Waals surface area contributed by atoms with Crippen LogP contribution in [-0.2, 0) is 11.2 Å². The van der Waals surface area contributed by atoms with Gasteiger partial charge in [0.15, 0.2) is 0 Å². The summed E-state index contributed by atoms with van der Waals surface area (Å²) >= 11 is 5.26. The van der Waals surface area contributed by atoms with Gasteiger partial charge in [-0.15, -0.1) is 0 Å². The molecule has 1 fully saturated rings. The number of amides is 1. The van der Waals surface area contributed by atoms with Crippen molar-refractivity contribution >= 4 is 23.1 Å². The van der Waals surface area contributed by atoms with Crippen LogP contribution in [-0.4, -0.2) is 22.3 Å². The van der Waals surface area contributed by atoms with Crippen LogP contribution in [0.2, 0.25) is 0 Å². The molecule has 0 atom stereocenters. The maximum absolute atomic E-state index is 12.1. The van der Waals surface area contributed by atoms with Crippen LogP contribution in [0.25, 0.3) is 0 Å². The van der Waals surface area contributed by atoms with Gasteiger partial charge in [-0.1, -0.05) is 42.5 Å². The van der Waals surface area contributed by atoms with Crippen LogP contribution in [0.5, 0.6) is 0 Å². The van der Waals surface area contributed by atoms with Crippen LogP contribution in [0.3, 0.4) is 0 Å². The fourth-order valence-electron chi connectivity index (χ4n) is 2.45. The summed E-state index contributed by atoms with van der Waals surface area (Å²) in [4.78, 5) is 14.7. The number of aryl methyl sites for hydroxylation is 1. The molecule has 0 aromatic heterocycles. The quantitative estimate of drug-likeness (QED) is 0.602. The molecule has 1 amide bonds. The maximum atomic E-state index is 12.1. The summed E-state index contributed by atoms with van der Waals surface area (Å²) in [5.74, 6) is 0.220. The number of benzene rings is 1. The van der Waals surface area contributed by atoms with Crippen LogP contribution in [0, 0.1) is 0 Å². The Kier molecular flexibility index (Phi) is 5.52. The minimum atomic E-state index is 0.220. The molecule has 3 heteroatoms. The lowest BCUT2D eigenvalue weighted by Crippen LogP contribution is -2.39. The molecule has 0 bridgehead atoms. The van der Waals surface area contributed by atoms with Crippen LogP contribution >= 0.6 is 12.2 Å². The molecule has 0 radical (unpaired) electrons. The van der Waals surface area contributed by atoms with E-state index in [2.05, 4.69) is 24.3 Å². The third-order valence-corrected chi connectivity index (χ3v) is 4.00. The summed E-state index contributed by atoms with van der Waals surface area (Å²) < 4.78 is 0. The summed E-state index contributed by atoms with van der Waals surface area (Å²) in [6, 6.07) is 10.4. The topological polar surface area (TPSA) is 20.3 Å². The molecule has 1 aliphatic heterocycles. The third kappa shape index (κ3) is 4.43. The number of unbranched alkanes of at least 4 members (excludes halogenated alkanes) is 1. The molecule has 0 unspecified atom stereocenters.